The van der Waals surface area contributed by atoms with Gasteiger partial charge in [-0.1, -0.05) is 23.7 Å². The summed E-state index contributed by atoms with van der Waals surface area (Å²) in [5, 5.41) is 3.65. The number of halogens is 1. The van der Waals surface area contributed by atoms with E-state index in [1.165, 1.54) is 0 Å². The number of carbonyl (C=O) groups is 1. The highest BCUT2D eigenvalue weighted by Gasteiger charge is 2.31. The molecule has 1 N–H and O–H groups in total. The van der Waals surface area contributed by atoms with Crippen molar-refractivity contribution in [2.24, 2.45) is 5.92 Å². The molecule has 0 aliphatic carbocycles. The average molecular weight is 239 g/mol. The molecule has 4 heteroatoms. The van der Waals surface area contributed by atoms with Crippen molar-refractivity contribution in [2.45, 2.75) is 0 Å². The predicted molar refractivity (Wildman–Crippen MR) is 64.8 cm³/mol. The van der Waals surface area contributed by atoms with Crippen molar-refractivity contribution in [3.8, 4) is 0 Å². The molecule has 0 unspecified atom stereocenters. The molecule has 1 aromatic carbocycles. The van der Waals surface area contributed by atoms with E-state index in [0.717, 1.165) is 19.6 Å². The third-order valence-corrected chi connectivity index (χ3v) is 3.17. The van der Waals surface area contributed by atoms with E-state index >= 15 is 0 Å². The lowest BCUT2D eigenvalue weighted by Crippen LogP contribution is -2.52. The molecule has 1 heterocycles. The molecule has 2 rings (SSSR count). The van der Waals surface area contributed by atoms with Crippen LogP contribution in [0.1, 0.15) is 10.4 Å². The number of carbonyl (C=O) groups excluding carboxylic acids is 1. The van der Waals surface area contributed by atoms with Crippen LogP contribution in [-0.4, -0.2) is 37.5 Å². The van der Waals surface area contributed by atoms with Gasteiger partial charge in [0.1, 0.15) is 0 Å². The van der Waals surface area contributed by atoms with E-state index in [2.05, 4.69) is 5.32 Å². The predicted octanol–water partition coefficient (Wildman–Crippen LogP) is 1.63. The number of amides is 1. The summed E-state index contributed by atoms with van der Waals surface area (Å²) in [5.41, 5.74) is 0.604. The molecule has 86 valence electrons. The van der Waals surface area contributed by atoms with Gasteiger partial charge in [0.05, 0.1) is 10.6 Å². The summed E-state index contributed by atoms with van der Waals surface area (Å²) in [7, 11) is 1.93. The SMILES string of the molecule is CNCC1CN(C(=O)c2ccccc2Cl)C1. The van der Waals surface area contributed by atoms with Crippen molar-refractivity contribution in [2.75, 3.05) is 26.7 Å². The van der Waals surface area contributed by atoms with Gasteiger partial charge >= 0.3 is 0 Å². The van der Waals surface area contributed by atoms with Gasteiger partial charge in [0.15, 0.2) is 0 Å². The van der Waals surface area contributed by atoms with Gasteiger partial charge in [-0.05, 0) is 19.2 Å². The van der Waals surface area contributed by atoms with Crippen LogP contribution in [0.3, 0.4) is 0 Å². The van der Waals surface area contributed by atoms with Crippen molar-refractivity contribution in [1.82, 2.24) is 10.2 Å². The summed E-state index contributed by atoms with van der Waals surface area (Å²) >= 11 is 5.98. The van der Waals surface area contributed by atoms with E-state index in [1.54, 1.807) is 12.1 Å². The number of hydrogen-bond donors (Lipinski definition) is 1. The molecule has 0 bridgehead atoms. The van der Waals surface area contributed by atoms with Crippen LogP contribution in [0.2, 0.25) is 5.02 Å². The smallest absolute Gasteiger partial charge is 0.255 e. The Labute approximate surface area is 100 Å². The van der Waals surface area contributed by atoms with Gasteiger partial charge in [-0.2, -0.15) is 0 Å². The Kier molecular flexibility index (Phi) is 3.46. The first-order valence-corrected chi connectivity index (χ1v) is 5.78. The summed E-state index contributed by atoms with van der Waals surface area (Å²) < 4.78 is 0. The zero-order valence-corrected chi connectivity index (χ0v) is 10.00. The van der Waals surface area contributed by atoms with Crippen LogP contribution >= 0.6 is 11.6 Å². The first-order chi connectivity index (χ1) is 7.72. The molecular formula is C12H15ClN2O. The fourth-order valence-corrected chi connectivity index (χ4v) is 2.18. The summed E-state index contributed by atoms with van der Waals surface area (Å²) in [4.78, 5) is 13.9. The molecule has 1 saturated heterocycles. The third-order valence-electron chi connectivity index (χ3n) is 2.84. The molecule has 3 nitrogen and oxygen atoms in total. The van der Waals surface area contributed by atoms with Crippen molar-refractivity contribution in [1.29, 1.82) is 0 Å². The molecule has 1 aliphatic rings. The summed E-state index contributed by atoms with van der Waals surface area (Å²) in [6.45, 7) is 2.61. The topological polar surface area (TPSA) is 32.3 Å². The molecule has 1 aromatic rings. The minimum absolute atomic E-state index is 0.0398. The lowest BCUT2D eigenvalue weighted by Gasteiger charge is -2.39. The van der Waals surface area contributed by atoms with Crippen LogP contribution < -0.4 is 5.32 Å². The van der Waals surface area contributed by atoms with Crippen LogP contribution in [0.15, 0.2) is 24.3 Å². The van der Waals surface area contributed by atoms with Gasteiger partial charge in [0, 0.05) is 25.6 Å². The molecule has 0 aromatic heterocycles. The average Bonchev–Trinajstić information content (AvgIpc) is 2.22. The van der Waals surface area contributed by atoms with E-state index in [1.807, 2.05) is 24.1 Å². The van der Waals surface area contributed by atoms with Crippen LogP contribution in [0, 0.1) is 5.92 Å². The molecule has 1 aliphatic heterocycles. The van der Waals surface area contributed by atoms with Crippen LogP contribution in [0.4, 0.5) is 0 Å². The normalized spacial score (nSPS) is 16.0. The van der Waals surface area contributed by atoms with Crippen LogP contribution in [-0.2, 0) is 0 Å². The molecule has 0 spiro atoms. The highest BCUT2D eigenvalue weighted by molar-refractivity contribution is 6.33. The highest BCUT2D eigenvalue weighted by atomic mass is 35.5. The van der Waals surface area contributed by atoms with Crippen molar-refractivity contribution < 1.29 is 4.79 Å². The quantitative estimate of drug-likeness (QED) is 0.868. The van der Waals surface area contributed by atoms with E-state index in [0.29, 0.717) is 16.5 Å². The number of rotatable bonds is 3. The maximum Gasteiger partial charge on any atom is 0.255 e. The van der Waals surface area contributed by atoms with Crippen molar-refractivity contribution >= 4 is 17.5 Å². The van der Waals surface area contributed by atoms with E-state index in [4.69, 9.17) is 11.6 Å². The summed E-state index contributed by atoms with van der Waals surface area (Å²) in [6.07, 6.45) is 0. The van der Waals surface area contributed by atoms with Gasteiger partial charge in [-0.3, -0.25) is 4.79 Å². The maximum absolute atomic E-state index is 12.0. The minimum atomic E-state index is 0.0398. The number of likely N-dealkylation sites (tertiary alicyclic amines) is 1. The number of nitrogens with one attached hydrogen (secondary N) is 1. The Morgan fingerprint density at radius 1 is 1.50 bits per heavy atom. The monoisotopic (exact) mass is 238 g/mol. The second kappa shape index (κ2) is 4.85. The second-order valence-corrected chi connectivity index (χ2v) is 4.52. The molecular weight excluding hydrogens is 224 g/mol. The van der Waals surface area contributed by atoms with E-state index in [9.17, 15) is 4.79 Å². The van der Waals surface area contributed by atoms with E-state index < -0.39 is 0 Å². The molecule has 0 saturated carbocycles. The number of benzene rings is 1. The zero-order chi connectivity index (χ0) is 11.5. The van der Waals surface area contributed by atoms with Crippen LogP contribution in [0.25, 0.3) is 0 Å². The second-order valence-electron chi connectivity index (χ2n) is 4.11. The molecule has 1 fully saturated rings. The van der Waals surface area contributed by atoms with Gasteiger partial charge in [-0.25, -0.2) is 0 Å². The fraction of sp³-hybridized carbons (Fsp3) is 0.417. The Hall–Kier alpha value is -1.06. The molecule has 16 heavy (non-hydrogen) atoms. The maximum atomic E-state index is 12.0. The third kappa shape index (κ3) is 2.20. The molecule has 0 atom stereocenters. The fourth-order valence-electron chi connectivity index (χ4n) is 1.96. The van der Waals surface area contributed by atoms with Gasteiger partial charge in [0.25, 0.3) is 5.91 Å². The lowest BCUT2D eigenvalue weighted by atomic mass is 9.99. The van der Waals surface area contributed by atoms with Crippen molar-refractivity contribution in [3.05, 3.63) is 34.9 Å². The number of hydrogen-bond acceptors (Lipinski definition) is 2. The Morgan fingerprint density at radius 2 is 2.19 bits per heavy atom. The van der Waals surface area contributed by atoms with Gasteiger partial charge in [0.2, 0.25) is 0 Å². The summed E-state index contributed by atoms with van der Waals surface area (Å²) in [5.74, 6) is 0.620. The standard InChI is InChI=1S/C12H15ClN2O/c1-14-6-9-7-15(8-9)12(16)10-4-2-3-5-11(10)13/h2-5,9,14H,6-8H2,1H3. The van der Waals surface area contributed by atoms with Gasteiger partial charge < -0.3 is 10.2 Å². The Bertz CT molecular complexity index is 388. The Balaban J connectivity index is 1.98. The highest BCUT2D eigenvalue weighted by Crippen LogP contribution is 2.22. The van der Waals surface area contributed by atoms with Gasteiger partial charge in [-0.15, -0.1) is 0 Å². The largest absolute Gasteiger partial charge is 0.338 e. The lowest BCUT2D eigenvalue weighted by molar-refractivity contribution is 0.0504. The van der Waals surface area contributed by atoms with Crippen molar-refractivity contribution in [3.63, 3.8) is 0 Å². The first-order valence-electron chi connectivity index (χ1n) is 5.40. The molecule has 0 radical (unpaired) electrons. The molecule has 1 amide bonds. The zero-order valence-electron chi connectivity index (χ0n) is 9.24. The van der Waals surface area contributed by atoms with E-state index in [-0.39, 0.29) is 5.91 Å². The van der Waals surface area contributed by atoms with Crippen LogP contribution in [0.5, 0.6) is 0 Å². The number of nitrogens with zero attached hydrogens (tertiary/aromatic N) is 1. The summed E-state index contributed by atoms with van der Waals surface area (Å²) in [6, 6.07) is 7.19. The first kappa shape index (κ1) is 11.4. The minimum Gasteiger partial charge on any atom is -0.338 e. The Morgan fingerprint density at radius 3 is 2.81 bits per heavy atom.